The molecule has 2 N–H and O–H groups in total. The average Bonchev–Trinajstić information content (AvgIpc) is 3.66. The summed E-state index contributed by atoms with van der Waals surface area (Å²) >= 11 is 0. The highest BCUT2D eigenvalue weighted by Crippen LogP contribution is 2.39. The highest BCUT2D eigenvalue weighted by atomic mass is 16.5. The van der Waals surface area contributed by atoms with E-state index >= 15 is 0 Å². The molecule has 2 aromatic rings. The number of carbonyl (C=O) groups excluding carboxylic acids is 1. The van der Waals surface area contributed by atoms with Gasteiger partial charge in [0.2, 0.25) is 0 Å². The second-order valence-electron chi connectivity index (χ2n) is 13.3. The van der Waals surface area contributed by atoms with Crippen molar-refractivity contribution in [2.45, 2.75) is 91.1 Å². The first kappa shape index (κ1) is 32.7. The van der Waals surface area contributed by atoms with Gasteiger partial charge in [-0.2, -0.15) is 0 Å². The minimum absolute atomic E-state index is 0.0322. The van der Waals surface area contributed by atoms with Crippen LogP contribution in [0.1, 0.15) is 110 Å². The number of rotatable bonds is 9. The Balaban J connectivity index is 0.000000767. The molecule has 1 aliphatic carbocycles. The Labute approximate surface area is 259 Å². The van der Waals surface area contributed by atoms with E-state index in [9.17, 15) is 9.90 Å². The summed E-state index contributed by atoms with van der Waals surface area (Å²) in [5.74, 6) is 2.47. The predicted molar refractivity (Wildman–Crippen MR) is 177 cm³/mol. The van der Waals surface area contributed by atoms with Gasteiger partial charge in [0.05, 0.1) is 63.4 Å². The number of aryl methyl sites for hydroxylation is 1. The fourth-order valence-corrected chi connectivity index (χ4v) is 6.35. The van der Waals surface area contributed by atoms with Crippen molar-refractivity contribution in [2.75, 3.05) is 51.6 Å². The molecule has 3 aliphatic rings. The molecule has 0 spiro atoms. The number of benzene rings is 1. The van der Waals surface area contributed by atoms with Crippen LogP contribution in [0.4, 0.5) is 11.4 Å². The third-order valence-corrected chi connectivity index (χ3v) is 8.93. The second-order valence-corrected chi connectivity index (χ2v) is 13.3. The van der Waals surface area contributed by atoms with Gasteiger partial charge in [-0.05, 0) is 67.2 Å². The highest BCUT2D eigenvalue weighted by Gasteiger charge is 2.29. The van der Waals surface area contributed by atoms with E-state index in [1.54, 1.807) is 7.11 Å². The first-order chi connectivity index (χ1) is 20.5. The van der Waals surface area contributed by atoms with Crippen LogP contribution in [0.15, 0.2) is 41.9 Å². The van der Waals surface area contributed by atoms with E-state index in [2.05, 4.69) is 50.3 Å². The first-order valence-electron chi connectivity index (χ1n) is 16.1. The minimum Gasteiger partial charge on any atom is -0.500 e. The van der Waals surface area contributed by atoms with Crippen molar-refractivity contribution in [2.24, 2.45) is 0 Å². The molecular formula is C36H53N4O3+. The van der Waals surface area contributed by atoms with Crippen LogP contribution in [-0.2, 0) is 11.3 Å². The SMILES string of the molecule is C1CCCC1.COC1=C(c2cc(C(=O)CCC/C=C3/Nc4cc(CO)c(C(C)C)cc4N3C)cc(C)n2)C[N+](C)(C)CC1. The van der Waals surface area contributed by atoms with E-state index in [4.69, 9.17) is 9.72 Å². The number of nitrogens with zero attached hydrogens (tertiary/aromatic N) is 3. The number of hydrogen-bond donors (Lipinski definition) is 2. The Kier molecular flexibility index (Phi) is 11.1. The molecule has 0 saturated heterocycles. The number of ether oxygens (including phenoxy) is 1. The average molecular weight is 590 g/mol. The summed E-state index contributed by atoms with van der Waals surface area (Å²) in [6, 6.07) is 8.06. The van der Waals surface area contributed by atoms with Gasteiger partial charge in [-0.25, -0.2) is 0 Å². The van der Waals surface area contributed by atoms with E-state index in [1.807, 2.05) is 32.2 Å². The van der Waals surface area contributed by atoms with E-state index in [1.165, 1.54) is 37.7 Å². The van der Waals surface area contributed by atoms with Crippen LogP contribution in [-0.4, -0.2) is 61.7 Å². The molecule has 234 valence electrons. The number of pyridine rings is 1. The van der Waals surface area contributed by atoms with Gasteiger partial charge in [0, 0.05) is 24.7 Å². The topological polar surface area (TPSA) is 74.7 Å². The lowest BCUT2D eigenvalue weighted by atomic mass is 9.96. The maximum atomic E-state index is 13.2. The van der Waals surface area contributed by atoms with Crippen LogP contribution in [0, 0.1) is 6.92 Å². The Bertz CT molecular complexity index is 1350. The molecule has 0 radical (unpaired) electrons. The predicted octanol–water partition coefficient (Wildman–Crippen LogP) is 7.55. The van der Waals surface area contributed by atoms with Crippen LogP contribution < -0.4 is 10.2 Å². The monoisotopic (exact) mass is 589 g/mol. The summed E-state index contributed by atoms with van der Waals surface area (Å²) in [7, 11) is 8.20. The van der Waals surface area contributed by atoms with E-state index in [0.29, 0.717) is 12.3 Å². The van der Waals surface area contributed by atoms with Crippen LogP contribution >= 0.6 is 0 Å². The number of aliphatic hydroxyl groups is 1. The summed E-state index contributed by atoms with van der Waals surface area (Å²) in [4.78, 5) is 20.1. The van der Waals surface area contributed by atoms with Crippen molar-refractivity contribution >= 4 is 22.7 Å². The molecule has 7 heteroatoms. The smallest absolute Gasteiger partial charge is 0.163 e. The number of methoxy groups -OCH3 is 1. The molecule has 0 bridgehead atoms. The van der Waals surface area contributed by atoms with Gasteiger partial charge in [0.25, 0.3) is 0 Å². The van der Waals surface area contributed by atoms with Crippen LogP contribution in [0.5, 0.6) is 0 Å². The van der Waals surface area contributed by atoms with Gasteiger partial charge in [0.15, 0.2) is 5.78 Å². The molecule has 1 saturated carbocycles. The molecular weight excluding hydrogens is 536 g/mol. The third-order valence-electron chi connectivity index (χ3n) is 8.93. The first-order valence-corrected chi connectivity index (χ1v) is 16.1. The number of carbonyl (C=O) groups is 1. The molecule has 0 atom stereocenters. The number of fused-ring (bicyclic) bond motifs is 1. The zero-order valence-electron chi connectivity index (χ0n) is 27.6. The number of aromatic nitrogens is 1. The van der Waals surface area contributed by atoms with Gasteiger partial charge >= 0.3 is 0 Å². The fraction of sp³-hybridized carbons (Fsp3) is 0.556. The molecule has 2 aliphatic heterocycles. The summed E-state index contributed by atoms with van der Waals surface area (Å²) < 4.78 is 6.58. The number of aliphatic hydroxyl groups excluding tert-OH is 1. The van der Waals surface area contributed by atoms with Gasteiger partial charge in [0.1, 0.15) is 18.1 Å². The maximum absolute atomic E-state index is 13.2. The Morgan fingerprint density at radius 1 is 1.14 bits per heavy atom. The van der Waals surface area contributed by atoms with Crippen LogP contribution in [0.2, 0.25) is 0 Å². The van der Waals surface area contributed by atoms with Gasteiger partial charge in [-0.15, -0.1) is 0 Å². The Hall–Kier alpha value is -3.16. The van der Waals surface area contributed by atoms with E-state index in [-0.39, 0.29) is 12.4 Å². The van der Waals surface area contributed by atoms with Crippen molar-refractivity contribution in [1.82, 2.24) is 4.98 Å². The van der Waals surface area contributed by atoms with Crippen molar-refractivity contribution in [1.29, 1.82) is 0 Å². The molecule has 0 unspecified atom stereocenters. The molecule has 5 rings (SSSR count). The number of allylic oxidation sites excluding steroid dienone is 1. The number of quaternary nitrogens is 1. The number of likely N-dealkylation sites (N-methyl/N-ethyl adjacent to an activating group) is 1. The van der Waals surface area contributed by atoms with Gasteiger partial charge < -0.3 is 24.5 Å². The zero-order valence-corrected chi connectivity index (χ0v) is 27.6. The molecule has 43 heavy (non-hydrogen) atoms. The molecule has 0 amide bonds. The second kappa shape index (κ2) is 14.5. The molecule has 1 aromatic carbocycles. The lowest BCUT2D eigenvalue weighted by Crippen LogP contribution is -2.44. The van der Waals surface area contributed by atoms with Crippen molar-refractivity contribution < 1.29 is 19.1 Å². The molecule has 7 nitrogen and oxygen atoms in total. The normalized spacial score (nSPS) is 18.4. The van der Waals surface area contributed by atoms with Crippen LogP contribution in [0.25, 0.3) is 5.57 Å². The van der Waals surface area contributed by atoms with Crippen molar-refractivity contribution in [3.8, 4) is 0 Å². The number of Topliss-reactive ketones (excluding diaryl/α,β-unsaturated/α-hetero) is 1. The summed E-state index contributed by atoms with van der Waals surface area (Å²) in [6.45, 7) is 8.13. The number of hydrogen-bond acceptors (Lipinski definition) is 6. The van der Waals surface area contributed by atoms with E-state index in [0.717, 1.165) is 87.9 Å². The third kappa shape index (κ3) is 8.27. The Morgan fingerprint density at radius 3 is 2.47 bits per heavy atom. The largest absolute Gasteiger partial charge is 0.500 e. The van der Waals surface area contributed by atoms with E-state index < -0.39 is 0 Å². The minimum atomic E-state index is 0.0322. The highest BCUT2D eigenvalue weighted by molar-refractivity contribution is 5.96. The summed E-state index contributed by atoms with van der Waals surface area (Å²) in [6.07, 6.45) is 12.6. The Morgan fingerprint density at radius 2 is 1.84 bits per heavy atom. The van der Waals surface area contributed by atoms with Gasteiger partial charge in [-0.3, -0.25) is 9.78 Å². The maximum Gasteiger partial charge on any atom is 0.163 e. The number of ketones is 1. The lowest BCUT2D eigenvalue weighted by molar-refractivity contribution is -0.884. The quantitative estimate of drug-likeness (QED) is 0.179. The standard InChI is InChI=1S/C31H43N4O3.C5H10/c1-20(2)24-17-28-27(16-23(24)19-36)33-31(34(28)4)11-9-8-10-29(37)22-14-21(3)32-26(15-22)25-18-35(5,6)13-12-30(25)38-7;1-2-4-5-3-1/h11,14-17,20,33,36H,8-10,12-13,18-19H2,1-7H3;1-5H2/q+1;/b31-11-;. The number of nitrogens with one attached hydrogen (secondary N) is 1. The summed E-state index contributed by atoms with van der Waals surface area (Å²) in [5, 5.41) is 13.3. The molecule has 1 aromatic heterocycles. The van der Waals surface area contributed by atoms with Crippen molar-refractivity contribution in [3.05, 3.63) is 70.0 Å². The summed E-state index contributed by atoms with van der Waals surface area (Å²) in [5.41, 5.74) is 7.79. The van der Waals surface area contributed by atoms with Crippen molar-refractivity contribution in [3.63, 3.8) is 0 Å². The number of unbranched alkanes of at least 4 members (excludes halogenated alkanes) is 1. The fourth-order valence-electron chi connectivity index (χ4n) is 6.35. The number of anilines is 2. The van der Waals surface area contributed by atoms with Crippen LogP contribution in [0.3, 0.4) is 0 Å². The molecule has 3 heterocycles. The zero-order chi connectivity index (χ0) is 31.1. The molecule has 1 fully saturated rings. The lowest BCUT2D eigenvalue weighted by Gasteiger charge is -2.35. The van der Waals surface area contributed by atoms with Gasteiger partial charge in [-0.1, -0.05) is 46.0 Å².